The number of carbonyl (C=O) groups is 1. The van der Waals surface area contributed by atoms with Crippen LogP contribution in [0.3, 0.4) is 0 Å². The van der Waals surface area contributed by atoms with Gasteiger partial charge in [-0.15, -0.1) is 0 Å². The maximum atomic E-state index is 13.0. The maximum Gasteiger partial charge on any atom is 0.243 e. The number of hydrogen-bond acceptors (Lipinski definition) is 5. The van der Waals surface area contributed by atoms with E-state index in [1.807, 2.05) is 25.1 Å². The van der Waals surface area contributed by atoms with Crippen molar-refractivity contribution in [2.45, 2.75) is 30.7 Å². The van der Waals surface area contributed by atoms with Crippen LogP contribution in [0.5, 0.6) is 11.5 Å². The first kappa shape index (κ1) is 23.4. The van der Waals surface area contributed by atoms with Crippen LogP contribution >= 0.6 is 11.6 Å². The molecule has 2 aromatic rings. The first-order chi connectivity index (χ1) is 14.8. The summed E-state index contributed by atoms with van der Waals surface area (Å²) in [4.78, 5) is 12.9. The monoisotopic (exact) mass is 466 g/mol. The Bertz CT molecular complexity index is 1040. The summed E-state index contributed by atoms with van der Waals surface area (Å²) in [5.41, 5.74) is 0.853. The van der Waals surface area contributed by atoms with E-state index in [1.54, 1.807) is 12.1 Å². The van der Waals surface area contributed by atoms with Crippen LogP contribution in [0, 0.1) is 5.92 Å². The second-order valence-corrected chi connectivity index (χ2v) is 9.79. The Morgan fingerprint density at radius 3 is 2.35 bits per heavy atom. The van der Waals surface area contributed by atoms with Crippen molar-refractivity contribution in [2.24, 2.45) is 5.92 Å². The van der Waals surface area contributed by atoms with Crippen molar-refractivity contribution in [1.82, 2.24) is 9.62 Å². The molecule has 0 aliphatic carbocycles. The molecule has 0 spiro atoms. The smallest absolute Gasteiger partial charge is 0.243 e. The molecule has 0 bridgehead atoms. The molecule has 1 N–H and O–H groups in total. The van der Waals surface area contributed by atoms with Crippen molar-refractivity contribution in [3.63, 3.8) is 0 Å². The summed E-state index contributed by atoms with van der Waals surface area (Å²) < 4.78 is 37.9. The third-order valence-electron chi connectivity index (χ3n) is 5.55. The normalized spacial score (nSPS) is 16.5. The van der Waals surface area contributed by atoms with E-state index in [4.69, 9.17) is 21.1 Å². The van der Waals surface area contributed by atoms with Crippen molar-refractivity contribution in [3.8, 4) is 11.5 Å². The topological polar surface area (TPSA) is 84.9 Å². The molecule has 1 aliphatic rings. The van der Waals surface area contributed by atoms with Crippen LogP contribution in [-0.4, -0.2) is 45.9 Å². The Balaban J connectivity index is 1.63. The fourth-order valence-electron chi connectivity index (χ4n) is 3.72. The van der Waals surface area contributed by atoms with Crippen molar-refractivity contribution in [2.75, 3.05) is 27.3 Å². The fraction of sp³-hybridized carbons (Fsp3) is 0.409. The highest BCUT2D eigenvalue weighted by atomic mass is 35.5. The zero-order valence-corrected chi connectivity index (χ0v) is 19.4. The molecule has 1 amide bonds. The average molecular weight is 467 g/mol. The van der Waals surface area contributed by atoms with Crippen LogP contribution in [0.1, 0.15) is 31.4 Å². The van der Waals surface area contributed by atoms with Gasteiger partial charge in [-0.1, -0.05) is 29.8 Å². The van der Waals surface area contributed by atoms with Crippen molar-refractivity contribution < 1.29 is 22.7 Å². The molecule has 1 fully saturated rings. The SMILES string of the molecule is COc1ccc(S(=O)(=O)N2CCC(C(=O)NC(C)c3ccccc3Cl)CC2)cc1OC. The molecular formula is C22H27ClN2O5S. The molecule has 31 heavy (non-hydrogen) atoms. The summed E-state index contributed by atoms with van der Waals surface area (Å²) >= 11 is 6.22. The summed E-state index contributed by atoms with van der Waals surface area (Å²) in [5.74, 6) is 0.480. The molecule has 7 nitrogen and oxygen atoms in total. The molecule has 1 saturated heterocycles. The van der Waals surface area contributed by atoms with Crippen molar-refractivity contribution in [3.05, 3.63) is 53.1 Å². The van der Waals surface area contributed by atoms with Gasteiger partial charge in [0.15, 0.2) is 11.5 Å². The standard InChI is InChI=1S/C22H27ClN2O5S/c1-15(18-6-4-5-7-19(18)23)24-22(26)16-10-12-25(13-11-16)31(27,28)17-8-9-20(29-2)21(14-17)30-3/h4-9,14-16H,10-13H2,1-3H3,(H,24,26). The molecule has 0 saturated carbocycles. The number of benzene rings is 2. The van der Waals surface area contributed by atoms with Gasteiger partial charge in [0.1, 0.15) is 0 Å². The minimum absolute atomic E-state index is 0.0874. The molecule has 1 heterocycles. The summed E-state index contributed by atoms with van der Waals surface area (Å²) in [6.07, 6.45) is 0.904. The van der Waals surface area contributed by atoms with Crippen LogP contribution in [0.25, 0.3) is 0 Å². The molecule has 168 valence electrons. The van der Waals surface area contributed by atoms with Gasteiger partial charge >= 0.3 is 0 Å². The number of carbonyl (C=O) groups excluding carboxylic acids is 1. The van der Waals surface area contributed by atoms with Crippen LogP contribution in [0.15, 0.2) is 47.4 Å². The predicted molar refractivity (Wildman–Crippen MR) is 119 cm³/mol. The Morgan fingerprint density at radius 2 is 1.74 bits per heavy atom. The Morgan fingerprint density at radius 1 is 1.10 bits per heavy atom. The minimum Gasteiger partial charge on any atom is -0.493 e. The van der Waals surface area contributed by atoms with E-state index < -0.39 is 10.0 Å². The Labute approximate surface area is 188 Å². The lowest BCUT2D eigenvalue weighted by Gasteiger charge is -2.31. The fourth-order valence-corrected chi connectivity index (χ4v) is 5.50. The number of halogens is 1. The first-order valence-corrected chi connectivity index (χ1v) is 11.9. The summed E-state index contributed by atoms with van der Waals surface area (Å²) in [7, 11) is -0.737. The summed E-state index contributed by atoms with van der Waals surface area (Å²) in [6, 6.07) is 11.7. The molecule has 1 aliphatic heterocycles. The molecular weight excluding hydrogens is 440 g/mol. The number of piperidine rings is 1. The highest BCUT2D eigenvalue weighted by molar-refractivity contribution is 7.89. The van der Waals surface area contributed by atoms with Gasteiger partial charge in [-0.3, -0.25) is 4.79 Å². The van der Waals surface area contributed by atoms with Crippen LogP contribution < -0.4 is 14.8 Å². The molecule has 0 aromatic heterocycles. The van der Waals surface area contributed by atoms with Gasteiger partial charge in [-0.25, -0.2) is 8.42 Å². The number of nitrogens with one attached hydrogen (secondary N) is 1. The van der Waals surface area contributed by atoms with E-state index in [9.17, 15) is 13.2 Å². The average Bonchev–Trinajstić information content (AvgIpc) is 2.78. The zero-order valence-electron chi connectivity index (χ0n) is 17.8. The number of nitrogens with zero attached hydrogens (tertiary/aromatic N) is 1. The minimum atomic E-state index is -3.69. The molecule has 1 unspecified atom stereocenters. The Kier molecular flexibility index (Phi) is 7.46. The van der Waals surface area contributed by atoms with E-state index in [2.05, 4.69) is 5.32 Å². The van der Waals surface area contributed by atoms with E-state index in [0.717, 1.165) is 5.56 Å². The van der Waals surface area contributed by atoms with Crippen molar-refractivity contribution >= 4 is 27.5 Å². The largest absolute Gasteiger partial charge is 0.493 e. The van der Waals surface area contributed by atoms with E-state index in [1.165, 1.54) is 30.7 Å². The third-order valence-corrected chi connectivity index (χ3v) is 7.79. The third kappa shape index (κ3) is 5.14. The number of methoxy groups -OCH3 is 2. The lowest BCUT2D eigenvalue weighted by Crippen LogP contribution is -2.43. The van der Waals surface area contributed by atoms with Gasteiger partial charge in [-0.2, -0.15) is 4.31 Å². The molecule has 1 atom stereocenters. The predicted octanol–water partition coefficient (Wildman–Crippen LogP) is 3.64. The van der Waals surface area contributed by atoms with E-state index in [0.29, 0.717) is 29.4 Å². The van der Waals surface area contributed by atoms with Gasteiger partial charge in [-0.05, 0) is 43.5 Å². The number of amides is 1. The van der Waals surface area contributed by atoms with Crippen molar-refractivity contribution in [1.29, 1.82) is 0 Å². The van der Waals surface area contributed by atoms with Crippen LogP contribution in [0.4, 0.5) is 0 Å². The quantitative estimate of drug-likeness (QED) is 0.673. The highest BCUT2D eigenvalue weighted by Crippen LogP contribution is 2.32. The second-order valence-electron chi connectivity index (χ2n) is 7.45. The van der Waals surface area contributed by atoms with E-state index >= 15 is 0 Å². The zero-order chi connectivity index (χ0) is 22.6. The number of hydrogen-bond donors (Lipinski definition) is 1. The molecule has 0 radical (unpaired) electrons. The van der Waals surface area contributed by atoms with Crippen LogP contribution in [0.2, 0.25) is 5.02 Å². The first-order valence-electron chi connectivity index (χ1n) is 10.0. The lowest BCUT2D eigenvalue weighted by atomic mass is 9.96. The number of sulfonamides is 1. The highest BCUT2D eigenvalue weighted by Gasteiger charge is 2.33. The Hall–Kier alpha value is -2.29. The molecule has 2 aromatic carbocycles. The molecule has 9 heteroatoms. The molecule has 3 rings (SSSR count). The maximum absolute atomic E-state index is 13.0. The number of ether oxygens (including phenoxy) is 2. The van der Waals surface area contributed by atoms with E-state index in [-0.39, 0.29) is 35.9 Å². The summed E-state index contributed by atoms with van der Waals surface area (Å²) in [6.45, 7) is 2.43. The number of rotatable bonds is 7. The second kappa shape index (κ2) is 9.89. The van der Waals surface area contributed by atoms with Gasteiger partial charge in [0.05, 0.1) is 25.2 Å². The van der Waals surface area contributed by atoms with Gasteiger partial charge in [0.2, 0.25) is 15.9 Å². The lowest BCUT2D eigenvalue weighted by molar-refractivity contribution is -0.126. The van der Waals surface area contributed by atoms with Gasteiger partial charge in [0.25, 0.3) is 0 Å². The summed E-state index contributed by atoms with van der Waals surface area (Å²) in [5, 5.41) is 3.60. The van der Waals surface area contributed by atoms with Crippen LogP contribution in [-0.2, 0) is 14.8 Å². The van der Waals surface area contributed by atoms with Gasteiger partial charge < -0.3 is 14.8 Å². The van der Waals surface area contributed by atoms with Gasteiger partial charge in [0, 0.05) is 30.1 Å².